The lowest BCUT2D eigenvalue weighted by Crippen LogP contribution is -2.13. The molecule has 124 valence electrons. The van der Waals surface area contributed by atoms with Gasteiger partial charge in [-0.25, -0.2) is 0 Å². The van der Waals surface area contributed by atoms with Gasteiger partial charge in [-0.05, 0) is 28.1 Å². The molecule has 0 fully saturated rings. The van der Waals surface area contributed by atoms with Gasteiger partial charge in [-0.2, -0.15) is 0 Å². The number of ether oxygens (including phenoxy) is 2. The van der Waals surface area contributed by atoms with Gasteiger partial charge in [-0.1, -0.05) is 0 Å². The van der Waals surface area contributed by atoms with Crippen molar-refractivity contribution in [1.82, 2.24) is 0 Å². The minimum atomic E-state index is -0.622. The molecule has 0 radical (unpaired) electrons. The lowest BCUT2D eigenvalue weighted by Gasteiger charge is -2.15. The summed E-state index contributed by atoms with van der Waals surface area (Å²) in [6, 6.07) is 4.78. The summed E-state index contributed by atoms with van der Waals surface area (Å²) < 4.78 is 16.1. The monoisotopic (exact) mass is 402 g/mol. The zero-order valence-corrected chi connectivity index (χ0v) is 14.9. The van der Waals surface area contributed by atoms with Gasteiger partial charge in [0.1, 0.15) is 12.4 Å². The second-order valence-electron chi connectivity index (χ2n) is 4.70. The van der Waals surface area contributed by atoms with E-state index in [0.29, 0.717) is 0 Å². The first-order valence-corrected chi connectivity index (χ1v) is 8.24. The predicted molar refractivity (Wildman–Crippen MR) is 87.9 cm³/mol. The second kappa shape index (κ2) is 7.76. The summed E-state index contributed by atoms with van der Waals surface area (Å²) in [6.07, 6.45) is -0.0591. The Balaban J connectivity index is 2.54. The van der Waals surface area contributed by atoms with Crippen molar-refractivity contribution in [1.29, 1.82) is 0 Å². The van der Waals surface area contributed by atoms with E-state index in [4.69, 9.17) is 13.9 Å². The first kappa shape index (κ1) is 17.7. The predicted octanol–water partition coefficient (Wildman–Crippen LogP) is 3.01. The number of hydrogen-bond acceptors (Lipinski definition) is 7. The van der Waals surface area contributed by atoms with E-state index in [1.165, 1.54) is 31.6 Å². The van der Waals surface area contributed by atoms with Crippen LogP contribution in [0.25, 0.3) is 0 Å². The van der Waals surface area contributed by atoms with Crippen molar-refractivity contribution in [3.05, 3.63) is 48.6 Å². The van der Waals surface area contributed by atoms with E-state index in [0.717, 1.165) is 8.66 Å². The highest BCUT2D eigenvalue weighted by Crippen LogP contribution is 2.38. The normalized spacial score (nSPS) is 12.1. The second-order valence-corrected chi connectivity index (χ2v) is 7.19. The Morgan fingerprint density at radius 2 is 2.17 bits per heavy atom. The number of methoxy groups -OCH3 is 2. The minimum Gasteiger partial charge on any atom is -0.502 e. The van der Waals surface area contributed by atoms with Crippen molar-refractivity contribution in [2.45, 2.75) is 18.9 Å². The number of halogens is 1. The van der Waals surface area contributed by atoms with Crippen LogP contribution in [0.5, 0.6) is 5.75 Å². The number of carbonyl (C=O) groups excluding carboxylic acids is 1. The van der Waals surface area contributed by atoms with Gasteiger partial charge < -0.3 is 19.0 Å². The van der Waals surface area contributed by atoms with Crippen LogP contribution in [0.15, 0.2) is 31.2 Å². The maximum absolute atomic E-state index is 11.9. The Morgan fingerprint density at radius 1 is 1.43 bits per heavy atom. The summed E-state index contributed by atoms with van der Waals surface area (Å²) in [5, 5.41) is 10.1. The Kier molecular flexibility index (Phi) is 5.97. The van der Waals surface area contributed by atoms with Gasteiger partial charge >= 0.3 is 5.97 Å². The van der Waals surface area contributed by atoms with Crippen LogP contribution in [-0.4, -0.2) is 25.3 Å². The topological polar surface area (TPSA) is 86.0 Å². The molecule has 0 spiro atoms. The maximum Gasteiger partial charge on any atom is 0.306 e. The van der Waals surface area contributed by atoms with E-state index in [9.17, 15) is 14.7 Å². The summed E-state index contributed by atoms with van der Waals surface area (Å²) in [5.41, 5.74) is -0.580. The van der Waals surface area contributed by atoms with Gasteiger partial charge in [0.15, 0.2) is 5.76 Å². The van der Waals surface area contributed by atoms with Crippen molar-refractivity contribution < 1.29 is 23.8 Å². The van der Waals surface area contributed by atoms with Gasteiger partial charge in [0.05, 0.1) is 23.2 Å². The maximum atomic E-state index is 11.9. The number of esters is 1. The van der Waals surface area contributed by atoms with Crippen LogP contribution in [0, 0.1) is 0 Å². The van der Waals surface area contributed by atoms with Gasteiger partial charge in [0.2, 0.25) is 11.2 Å². The fourth-order valence-corrected chi connectivity index (χ4v) is 3.62. The first-order valence-electron chi connectivity index (χ1n) is 6.63. The number of thiophene rings is 1. The molecule has 8 heteroatoms. The molecule has 0 saturated heterocycles. The summed E-state index contributed by atoms with van der Waals surface area (Å²) in [5.74, 6) is -1.30. The van der Waals surface area contributed by atoms with Crippen LogP contribution in [0.3, 0.4) is 0 Å². The molecule has 0 aliphatic heterocycles. The van der Waals surface area contributed by atoms with Crippen molar-refractivity contribution in [2.75, 3.05) is 14.2 Å². The van der Waals surface area contributed by atoms with Gasteiger partial charge in [0, 0.05) is 18.1 Å². The van der Waals surface area contributed by atoms with E-state index < -0.39 is 23.1 Å². The zero-order chi connectivity index (χ0) is 17.0. The van der Waals surface area contributed by atoms with Crippen LogP contribution in [0.1, 0.15) is 28.7 Å². The molecule has 1 atom stereocenters. The Bertz CT molecular complexity index is 751. The van der Waals surface area contributed by atoms with Crippen molar-refractivity contribution >= 4 is 33.2 Å². The fraction of sp³-hybridized carbons (Fsp3) is 0.333. The average Bonchev–Trinajstić information content (AvgIpc) is 2.95. The zero-order valence-electron chi connectivity index (χ0n) is 12.5. The molecular weight excluding hydrogens is 388 g/mol. The third-order valence-corrected chi connectivity index (χ3v) is 4.88. The molecule has 0 amide bonds. The van der Waals surface area contributed by atoms with Crippen LogP contribution in [0.2, 0.25) is 0 Å². The van der Waals surface area contributed by atoms with E-state index in [2.05, 4.69) is 15.9 Å². The molecule has 6 nitrogen and oxygen atoms in total. The smallest absolute Gasteiger partial charge is 0.306 e. The average molecular weight is 403 g/mol. The lowest BCUT2D eigenvalue weighted by atomic mass is 9.99. The molecule has 0 aliphatic rings. The summed E-state index contributed by atoms with van der Waals surface area (Å²) >= 11 is 4.74. The van der Waals surface area contributed by atoms with Gasteiger partial charge in [0.25, 0.3) is 0 Å². The summed E-state index contributed by atoms with van der Waals surface area (Å²) in [7, 11) is 2.75. The standard InChI is InChI=1S/C15H15BrO6S/c1-20-7-8-5-10(17)14(19)15(22-8)9(6-13(18)21-2)11-3-4-12(16)23-11/h3-5,9,19H,6-7H2,1-2H3. The van der Waals surface area contributed by atoms with Crippen LogP contribution < -0.4 is 5.43 Å². The minimum absolute atomic E-state index is 0.0318. The SMILES string of the molecule is COCc1cc(=O)c(O)c(C(CC(=O)OC)c2ccc(Br)s2)o1. The van der Waals surface area contributed by atoms with Crippen LogP contribution >= 0.6 is 27.3 Å². The highest BCUT2D eigenvalue weighted by atomic mass is 79.9. The van der Waals surface area contributed by atoms with E-state index in [1.807, 2.05) is 6.07 Å². The van der Waals surface area contributed by atoms with Gasteiger partial charge in [-0.15, -0.1) is 11.3 Å². The molecule has 2 heterocycles. The molecule has 2 aromatic heterocycles. The number of carbonyl (C=O) groups is 1. The third kappa shape index (κ3) is 4.21. The molecule has 1 N–H and O–H groups in total. The molecular formula is C15H15BrO6S. The summed E-state index contributed by atoms with van der Waals surface area (Å²) in [6.45, 7) is 0.0849. The molecule has 0 aromatic carbocycles. The fourth-order valence-electron chi connectivity index (χ4n) is 2.09. The molecule has 2 aromatic rings. The molecule has 23 heavy (non-hydrogen) atoms. The highest BCUT2D eigenvalue weighted by molar-refractivity contribution is 9.11. The van der Waals surface area contributed by atoms with Crippen molar-refractivity contribution in [3.63, 3.8) is 0 Å². The van der Waals surface area contributed by atoms with Crippen molar-refractivity contribution in [3.8, 4) is 5.75 Å². The molecule has 0 bridgehead atoms. The summed E-state index contributed by atoms with van der Waals surface area (Å²) in [4.78, 5) is 24.4. The molecule has 1 unspecified atom stereocenters. The largest absolute Gasteiger partial charge is 0.502 e. The third-order valence-electron chi connectivity index (χ3n) is 3.14. The van der Waals surface area contributed by atoms with E-state index in [1.54, 1.807) is 6.07 Å². The molecule has 0 aliphatic carbocycles. The molecule has 2 rings (SSSR count). The van der Waals surface area contributed by atoms with Crippen molar-refractivity contribution in [2.24, 2.45) is 0 Å². The Hall–Kier alpha value is -1.64. The quantitative estimate of drug-likeness (QED) is 0.747. The Morgan fingerprint density at radius 3 is 2.74 bits per heavy atom. The number of rotatable bonds is 6. The first-order chi connectivity index (χ1) is 11.0. The van der Waals surface area contributed by atoms with E-state index in [-0.39, 0.29) is 24.5 Å². The Labute approximate surface area is 144 Å². The highest BCUT2D eigenvalue weighted by Gasteiger charge is 2.27. The van der Waals surface area contributed by atoms with Gasteiger partial charge in [-0.3, -0.25) is 9.59 Å². The molecule has 0 saturated carbocycles. The lowest BCUT2D eigenvalue weighted by molar-refractivity contribution is -0.140. The number of aromatic hydroxyl groups is 1. The van der Waals surface area contributed by atoms with Crippen LogP contribution in [0.4, 0.5) is 0 Å². The number of hydrogen-bond donors (Lipinski definition) is 1. The van der Waals surface area contributed by atoms with E-state index >= 15 is 0 Å². The van der Waals surface area contributed by atoms with Crippen LogP contribution in [-0.2, 0) is 20.9 Å².